The smallest absolute Gasteiger partial charge is 0.248 e. The van der Waals surface area contributed by atoms with Gasteiger partial charge in [0.1, 0.15) is 0 Å². The summed E-state index contributed by atoms with van der Waals surface area (Å²) >= 11 is 0. The van der Waals surface area contributed by atoms with Gasteiger partial charge in [-0.15, -0.1) is 0 Å². The number of amides is 1. The van der Waals surface area contributed by atoms with Gasteiger partial charge in [0.05, 0.1) is 6.54 Å². The van der Waals surface area contributed by atoms with Crippen LogP contribution in [-0.2, 0) is 4.79 Å². The molecule has 92 valence electrons. The van der Waals surface area contributed by atoms with Crippen LogP contribution in [0.15, 0.2) is 0 Å². The van der Waals surface area contributed by atoms with Crippen LogP contribution >= 0.6 is 0 Å². The quantitative estimate of drug-likeness (QED) is 0.388. The van der Waals surface area contributed by atoms with Crippen molar-refractivity contribution < 1.29 is 4.79 Å². The van der Waals surface area contributed by atoms with Gasteiger partial charge in [0.25, 0.3) is 0 Å². The van der Waals surface area contributed by atoms with E-state index in [9.17, 15) is 4.79 Å². The maximum Gasteiger partial charge on any atom is 0.248 e. The lowest BCUT2D eigenvalue weighted by atomic mass is 10.1. The van der Waals surface area contributed by atoms with Crippen molar-refractivity contribution in [1.82, 2.24) is 15.2 Å². The van der Waals surface area contributed by atoms with Gasteiger partial charge in [-0.25, -0.2) is 5.84 Å². The highest BCUT2D eigenvalue weighted by Gasteiger charge is 2.28. The average Bonchev–Trinajstić information content (AvgIpc) is 2.78. The second-order valence-electron chi connectivity index (χ2n) is 4.84. The number of likely N-dealkylation sites (tertiary alicyclic amines) is 2. The standard InChI is InChI=1S/C11H22N4O/c12-13-11(16)9-14-7-4-10(8-14)15-5-2-1-3-6-15/h10H,1-9,12H2,(H,13,16). The Labute approximate surface area is 96.9 Å². The molecule has 0 radical (unpaired) electrons. The molecule has 2 aliphatic rings. The summed E-state index contributed by atoms with van der Waals surface area (Å²) < 4.78 is 0. The Morgan fingerprint density at radius 3 is 2.69 bits per heavy atom. The molecule has 0 aliphatic carbocycles. The van der Waals surface area contributed by atoms with E-state index >= 15 is 0 Å². The average molecular weight is 226 g/mol. The molecule has 1 amide bonds. The fraction of sp³-hybridized carbons (Fsp3) is 0.909. The van der Waals surface area contributed by atoms with E-state index in [2.05, 4.69) is 15.2 Å². The molecule has 0 saturated carbocycles. The monoisotopic (exact) mass is 226 g/mol. The second kappa shape index (κ2) is 5.61. The van der Waals surface area contributed by atoms with Crippen molar-refractivity contribution in [2.75, 3.05) is 32.7 Å². The molecule has 2 aliphatic heterocycles. The first-order valence-electron chi connectivity index (χ1n) is 6.25. The first-order chi connectivity index (χ1) is 7.79. The molecule has 0 aromatic rings. The van der Waals surface area contributed by atoms with Crippen molar-refractivity contribution >= 4 is 5.91 Å². The molecule has 2 saturated heterocycles. The fourth-order valence-electron chi connectivity index (χ4n) is 2.79. The van der Waals surface area contributed by atoms with E-state index in [1.54, 1.807) is 0 Å². The number of piperidine rings is 1. The number of hydrazine groups is 1. The Morgan fingerprint density at radius 1 is 1.25 bits per heavy atom. The molecule has 1 atom stereocenters. The summed E-state index contributed by atoms with van der Waals surface area (Å²) in [7, 11) is 0. The lowest BCUT2D eigenvalue weighted by molar-refractivity contribution is -0.122. The number of hydrogen-bond donors (Lipinski definition) is 2. The maximum absolute atomic E-state index is 11.2. The van der Waals surface area contributed by atoms with Crippen LogP contribution in [0, 0.1) is 0 Å². The van der Waals surface area contributed by atoms with E-state index in [-0.39, 0.29) is 5.91 Å². The number of nitrogens with zero attached hydrogens (tertiary/aromatic N) is 2. The van der Waals surface area contributed by atoms with Gasteiger partial charge >= 0.3 is 0 Å². The number of carbonyl (C=O) groups is 1. The number of nitrogens with one attached hydrogen (secondary N) is 1. The molecule has 0 bridgehead atoms. The summed E-state index contributed by atoms with van der Waals surface area (Å²) in [4.78, 5) is 15.9. The Balaban J connectivity index is 1.76. The third-order valence-electron chi connectivity index (χ3n) is 3.68. The number of carbonyl (C=O) groups excluding carboxylic acids is 1. The van der Waals surface area contributed by atoms with Gasteiger partial charge in [0.2, 0.25) is 5.91 Å². The minimum atomic E-state index is -0.0840. The summed E-state index contributed by atoms with van der Waals surface area (Å²) in [6.07, 6.45) is 5.24. The summed E-state index contributed by atoms with van der Waals surface area (Å²) in [5.41, 5.74) is 2.19. The zero-order valence-electron chi connectivity index (χ0n) is 9.82. The zero-order valence-corrected chi connectivity index (χ0v) is 9.82. The first kappa shape index (κ1) is 11.8. The van der Waals surface area contributed by atoms with E-state index in [0.717, 1.165) is 13.1 Å². The Kier molecular flexibility index (Phi) is 4.15. The van der Waals surface area contributed by atoms with Crippen molar-refractivity contribution in [2.24, 2.45) is 5.84 Å². The van der Waals surface area contributed by atoms with Crippen molar-refractivity contribution in [2.45, 2.75) is 31.7 Å². The molecule has 0 spiro atoms. The first-order valence-corrected chi connectivity index (χ1v) is 6.25. The number of rotatable bonds is 3. The largest absolute Gasteiger partial charge is 0.299 e. The van der Waals surface area contributed by atoms with Crippen LogP contribution in [0.5, 0.6) is 0 Å². The minimum absolute atomic E-state index is 0.0840. The predicted molar refractivity (Wildman–Crippen MR) is 62.6 cm³/mol. The zero-order chi connectivity index (χ0) is 11.4. The van der Waals surface area contributed by atoms with Crippen LogP contribution < -0.4 is 11.3 Å². The molecule has 1 unspecified atom stereocenters. The van der Waals surface area contributed by atoms with E-state index in [4.69, 9.17) is 5.84 Å². The molecule has 2 rings (SSSR count). The van der Waals surface area contributed by atoms with E-state index in [0.29, 0.717) is 12.6 Å². The van der Waals surface area contributed by atoms with Crippen LogP contribution in [0.4, 0.5) is 0 Å². The van der Waals surface area contributed by atoms with Crippen LogP contribution in [0.1, 0.15) is 25.7 Å². The Morgan fingerprint density at radius 2 is 2.00 bits per heavy atom. The molecular weight excluding hydrogens is 204 g/mol. The SMILES string of the molecule is NNC(=O)CN1CCC(N2CCCCC2)C1. The molecule has 5 heteroatoms. The number of nitrogens with two attached hydrogens (primary N) is 1. The third kappa shape index (κ3) is 2.93. The van der Waals surface area contributed by atoms with Gasteiger partial charge in [-0.3, -0.25) is 20.0 Å². The van der Waals surface area contributed by atoms with Gasteiger partial charge in [-0.1, -0.05) is 6.42 Å². The maximum atomic E-state index is 11.2. The van der Waals surface area contributed by atoms with Crippen LogP contribution in [-0.4, -0.2) is 54.5 Å². The molecule has 2 fully saturated rings. The van der Waals surface area contributed by atoms with E-state index < -0.39 is 0 Å². The molecule has 16 heavy (non-hydrogen) atoms. The topological polar surface area (TPSA) is 61.6 Å². The van der Waals surface area contributed by atoms with Crippen LogP contribution in [0.25, 0.3) is 0 Å². The molecule has 0 aromatic carbocycles. The van der Waals surface area contributed by atoms with Gasteiger partial charge < -0.3 is 0 Å². The predicted octanol–water partition coefficient (Wildman–Crippen LogP) is -0.463. The van der Waals surface area contributed by atoms with Crippen molar-refractivity contribution in [3.05, 3.63) is 0 Å². The molecule has 3 N–H and O–H groups in total. The normalized spacial score (nSPS) is 28.2. The lowest BCUT2D eigenvalue weighted by Crippen LogP contribution is -2.43. The highest BCUT2D eigenvalue weighted by atomic mass is 16.2. The Bertz CT molecular complexity index is 240. The summed E-state index contributed by atoms with van der Waals surface area (Å²) in [5, 5.41) is 0. The molecular formula is C11H22N4O. The number of hydrogen-bond acceptors (Lipinski definition) is 4. The minimum Gasteiger partial charge on any atom is -0.299 e. The van der Waals surface area contributed by atoms with E-state index in [1.165, 1.54) is 38.8 Å². The lowest BCUT2D eigenvalue weighted by Gasteiger charge is -2.32. The molecule has 2 heterocycles. The van der Waals surface area contributed by atoms with Crippen molar-refractivity contribution in [3.63, 3.8) is 0 Å². The van der Waals surface area contributed by atoms with Gasteiger partial charge in [-0.2, -0.15) is 0 Å². The highest BCUT2D eigenvalue weighted by Crippen LogP contribution is 2.19. The van der Waals surface area contributed by atoms with Gasteiger partial charge in [0, 0.05) is 19.1 Å². The summed E-state index contributed by atoms with van der Waals surface area (Å²) in [6.45, 7) is 4.96. The Hall–Kier alpha value is -0.650. The van der Waals surface area contributed by atoms with Gasteiger partial charge in [-0.05, 0) is 32.4 Å². The summed E-state index contributed by atoms with van der Waals surface area (Å²) in [6, 6.07) is 0.658. The second-order valence-corrected chi connectivity index (χ2v) is 4.84. The summed E-state index contributed by atoms with van der Waals surface area (Å²) in [5.74, 6) is 5.01. The van der Waals surface area contributed by atoms with Crippen molar-refractivity contribution in [1.29, 1.82) is 0 Å². The van der Waals surface area contributed by atoms with Gasteiger partial charge in [0.15, 0.2) is 0 Å². The highest BCUT2D eigenvalue weighted by molar-refractivity contribution is 5.77. The van der Waals surface area contributed by atoms with Crippen LogP contribution in [0.2, 0.25) is 0 Å². The molecule has 0 aromatic heterocycles. The fourth-order valence-corrected chi connectivity index (χ4v) is 2.79. The van der Waals surface area contributed by atoms with E-state index in [1.807, 2.05) is 0 Å². The molecule has 5 nitrogen and oxygen atoms in total. The van der Waals surface area contributed by atoms with Crippen LogP contribution in [0.3, 0.4) is 0 Å². The third-order valence-corrected chi connectivity index (χ3v) is 3.68. The van der Waals surface area contributed by atoms with Crippen molar-refractivity contribution in [3.8, 4) is 0 Å².